The van der Waals surface area contributed by atoms with Gasteiger partial charge in [-0.2, -0.15) is 0 Å². The Morgan fingerprint density at radius 1 is 1.38 bits per heavy atom. The number of hydrogen-bond acceptors (Lipinski definition) is 2. The lowest BCUT2D eigenvalue weighted by atomic mass is 9.99. The molecule has 0 aliphatic carbocycles. The largest absolute Gasteiger partial charge is 0.338 e. The normalized spacial score (nSPS) is 16.1. The van der Waals surface area contributed by atoms with Crippen LogP contribution in [0.5, 0.6) is 0 Å². The molecule has 1 aliphatic heterocycles. The molecular weight excluding hydrogens is 214 g/mol. The number of rotatable bonds is 2. The predicted octanol–water partition coefficient (Wildman–Crippen LogP) is 0.995. The van der Waals surface area contributed by atoms with Gasteiger partial charge < -0.3 is 10.6 Å². The van der Waals surface area contributed by atoms with E-state index in [1.54, 1.807) is 0 Å². The Balaban J connectivity index is 2.16. The van der Waals surface area contributed by atoms with Crippen LogP contribution < -0.4 is 5.73 Å². The van der Waals surface area contributed by atoms with Crippen LogP contribution >= 0.6 is 0 Å². The maximum absolute atomic E-state index is 13.3. The highest BCUT2D eigenvalue weighted by molar-refractivity contribution is 5.95. The maximum atomic E-state index is 13.3. The molecule has 0 atom stereocenters. The van der Waals surface area contributed by atoms with Crippen LogP contribution in [0.2, 0.25) is 0 Å². The Morgan fingerprint density at radius 3 is 2.44 bits per heavy atom. The minimum Gasteiger partial charge on any atom is -0.338 e. The van der Waals surface area contributed by atoms with Crippen LogP contribution in [0.15, 0.2) is 18.2 Å². The second kappa shape index (κ2) is 4.17. The Bertz CT molecular complexity index is 396. The zero-order valence-corrected chi connectivity index (χ0v) is 8.62. The van der Waals surface area contributed by atoms with Gasteiger partial charge in [-0.3, -0.25) is 4.79 Å². The number of hydrogen-bond donors (Lipinski definition) is 1. The van der Waals surface area contributed by atoms with Crippen molar-refractivity contribution in [3.8, 4) is 0 Å². The molecule has 3 nitrogen and oxygen atoms in total. The number of nitrogens with zero attached hydrogens (tertiary/aromatic N) is 1. The molecule has 16 heavy (non-hydrogen) atoms. The molecule has 2 N–H and O–H groups in total. The van der Waals surface area contributed by atoms with E-state index in [2.05, 4.69) is 0 Å². The van der Waals surface area contributed by atoms with Crippen molar-refractivity contribution in [3.05, 3.63) is 35.4 Å². The third kappa shape index (κ3) is 1.78. The molecule has 1 aliphatic rings. The number of benzene rings is 1. The third-order valence-electron chi connectivity index (χ3n) is 2.75. The van der Waals surface area contributed by atoms with Crippen molar-refractivity contribution in [1.82, 2.24) is 4.90 Å². The smallest absolute Gasteiger partial charge is 0.259 e. The first-order chi connectivity index (χ1) is 7.63. The summed E-state index contributed by atoms with van der Waals surface area (Å²) in [7, 11) is 0. The lowest BCUT2D eigenvalue weighted by molar-refractivity contribution is 0.0505. The van der Waals surface area contributed by atoms with Gasteiger partial charge >= 0.3 is 0 Å². The summed E-state index contributed by atoms with van der Waals surface area (Å²) < 4.78 is 26.6. The van der Waals surface area contributed by atoms with E-state index >= 15 is 0 Å². The van der Waals surface area contributed by atoms with Crippen molar-refractivity contribution in [1.29, 1.82) is 0 Å². The van der Waals surface area contributed by atoms with Crippen LogP contribution in [0.4, 0.5) is 8.78 Å². The van der Waals surface area contributed by atoms with Crippen LogP contribution in [-0.2, 0) is 0 Å². The highest BCUT2D eigenvalue weighted by Gasteiger charge is 2.32. The van der Waals surface area contributed by atoms with Crippen LogP contribution in [0.25, 0.3) is 0 Å². The number of amides is 1. The zero-order valence-electron chi connectivity index (χ0n) is 8.62. The molecule has 0 bridgehead atoms. The van der Waals surface area contributed by atoms with Crippen molar-refractivity contribution in [2.24, 2.45) is 11.7 Å². The van der Waals surface area contributed by atoms with Gasteiger partial charge in [0.25, 0.3) is 5.91 Å². The van der Waals surface area contributed by atoms with Crippen molar-refractivity contribution in [2.45, 2.75) is 0 Å². The van der Waals surface area contributed by atoms with E-state index in [9.17, 15) is 13.6 Å². The van der Waals surface area contributed by atoms with Crippen LogP contribution in [0, 0.1) is 17.6 Å². The molecular formula is C11H12F2N2O. The Morgan fingerprint density at radius 2 is 1.94 bits per heavy atom. The van der Waals surface area contributed by atoms with Gasteiger partial charge in [0.1, 0.15) is 17.2 Å². The summed E-state index contributed by atoms with van der Waals surface area (Å²) in [6.07, 6.45) is 0. The molecule has 2 rings (SSSR count). The molecule has 0 radical (unpaired) electrons. The number of halogens is 2. The van der Waals surface area contributed by atoms with E-state index in [0.29, 0.717) is 19.6 Å². The minimum absolute atomic E-state index is 0.249. The fourth-order valence-corrected chi connectivity index (χ4v) is 1.75. The predicted molar refractivity (Wildman–Crippen MR) is 54.8 cm³/mol. The third-order valence-corrected chi connectivity index (χ3v) is 2.75. The highest BCUT2D eigenvalue weighted by Crippen LogP contribution is 2.21. The molecule has 1 saturated heterocycles. The van der Waals surface area contributed by atoms with Gasteiger partial charge in [-0.15, -0.1) is 0 Å². The lowest BCUT2D eigenvalue weighted by Gasteiger charge is -2.38. The van der Waals surface area contributed by atoms with E-state index in [-0.39, 0.29) is 5.92 Å². The fraction of sp³-hybridized carbons (Fsp3) is 0.364. The molecule has 1 amide bonds. The average molecular weight is 226 g/mol. The summed E-state index contributed by atoms with van der Waals surface area (Å²) in [5.74, 6) is -1.98. The first-order valence-electron chi connectivity index (χ1n) is 5.07. The summed E-state index contributed by atoms with van der Waals surface area (Å²) in [4.78, 5) is 13.1. The van der Waals surface area contributed by atoms with Crippen molar-refractivity contribution in [3.63, 3.8) is 0 Å². The van der Waals surface area contributed by atoms with E-state index in [1.807, 2.05) is 0 Å². The topological polar surface area (TPSA) is 46.3 Å². The Hall–Kier alpha value is -1.49. The Kier molecular flexibility index (Phi) is 2.87. The molecule has 5 heteroatoms. The Labute approximate surface area is 91.8 Å². The maximum Gasteiger partial charge on any atom is 0.259 e. The summed E-state index contributed by atoms with van der Waals surface area (Å²) in [5.41, 5.74) is 4.93. The van der Waals surface area contributed by atoms with Crippen molar-refractivity contribution >= 4 is 5.91 Å². The second-order valence-electron chi connectivity index (χ2n) is 3.91. The van der Waals surface area contributed by atoms with Gasteiger partial charge in [0.15, 0.2) is 0 Å². The van der Waals surface area contributed by atoms with Gasteiger partial charge in [0.2, 0.25) is 0 Å². The fourth-order valence-electron chi connectivity index (χ4n) is 1.75. The van der Waals surface area contributed by atoms with Crippen LogP contribution in [0.3, 0.4) is 0 Å². The highest BCUT2D eigenvalue weighted by atomic mass is 19.1. The van der Waals surface area contributed by atoms with Gasteiger partial charge in [0.05, 0.1) is 0 Å². The van der Waals surface area contributed by atoms with Gasteiger partial charge in [-0.1, -0.05) is 6.07 Å². The molecule has 86 valence electrons. The molecule has 1 aromatic rings. The van der Waals surface area contributed by atoms with E-state index in [4.69, 9.17) is 5.73 Å². The molecule has 0 aromatic heterocycles. The van der Waals surface area contributed by atoms with Crippen LogP contribution in [0.1, 0.15) is 10.4 Å². The van der Waals surface area contributed by atoms with E-state index in [0.717, 1.165) is 12.1 Å². The molecule has 1 heterocycles. The van der Waals surface area contributed by atoms with Gasteiger partial charge in [-0.25, -0.2) is 8.78 Å². The standard InChI is InChI=1S/C11H12F2N2O/c12-8-2-1-3-9(13)10(8)11(16)15-5-7(4-14)6-15/h1-3,7H,4-6,14H2. The molecule has 0 spiro atoms. The average Bonchev–Trinajstić information content (AvgIpc) is 2.15. The first-order valence-corrected chi connectivity index (χ1v) is 5.07. The quantitative estimate of drug-likeness (QED) is 0.817. The van der Waals surface area contributed by atoms with Crippen molar-refractivity contribution < 1.29 is 13.6 Å². The first kappa shape index (κ1) is 11.0. The van der Waals surface area contributed by atoms with Crippen molar-refractivity contribution in [2.75, 3.05) is 19.6 Å². The second-order valence-corrected chi connectivity index (χ2v) is 3.91. The molecule has 0 unspecified atom stereocenters. The lowest BCUT2D eigenvalue weighted by Crippen LogP contribution is -2.52. The number of nitrogens with two attached hydrogens (primary N) is 1. The SMILES string of the molecule is NCC1CN(C(=O)c2c(F)cccc2F)C1. The number of carbonyl (C=O) groups is 1. The zero-order chi connectivity index (χ0) is 11.7. The summed E-state index contributed by atoms with van der Waals surface area (Å²) in [6, 6.07) is 3.40. The van der Waals surface area contributed by atoms with E-state index in [1.165, 1.54) is 11.0 Å². The summed E-state index contributed by atoms with van der Waals surface area (Å²) >= 11 is 0. The molecule has 1 fully saturated rings. The number of carbonyl (C=O) groups excluding carboxylic acids is 1. The summed E-state index contributed by atoms with van der Waals surface area (Å²) in [6.45, 7) is 1.44. The monoisotopic (exact) mass is 226 g/mol. The summed E-state index contributed by atoms with van der Waals surface area (Å²) in [5, 5.41) is 0. The minimum atomic E-state index is -0.818. The molecule has 0 saturated carbocycles. The van der Waals surface area contributed by atoms with Gasteiger partial charge in [-0.05, 0) is 18.7 Å². The van der Waals surface area contributed by atoms with Crippen LogP contribution in [-0.4, -0.2) is 30.4 Å². The van der Waals surface area contributed by atoms with E-state index < -0.39 is 23.1 Å². The van der Waals surface area contributed by atoms with Gasteiger partial charge in [0, 0.05) is 19.0 Å². The molecule has 1 aromatic carbocycles. The number of likely N-dealkylation sites (tertiary alicyclic amines) is 1.